The fourth-order valence-corrected chi connectivity index (χ4v) is 4.13. The van der Waals surface area contributed by atoms with E-state index in [0.717, 1.165) is 24.2 Å². The Hall–Kier alpha value is -2.97. The molecule has 178 valence electrons. The minimum atomic E-state index is -0.317. The number of aliphatic hydroxyl groups excluding tert-OH is 1. The minimum Gasteiger partial charge on any atom is -0.392 e. The van der Waals surface area contributed by atoms with E-state index >= 15 is 0 Å². The number of morpholine rings is 1. The van der Waals surface area contributed by atoms with E-state index in [1.54, 1.807) is 41.3 Å². The fraction of sp³-hybridized carbons (Fsp3) is 0.308. The highest BCUT2D eigenvalue weighted by atomic mass is 35.5. The number of rotatable bonds is 8. The summed E-state index contributed by atoms with van der Waals surface area (Å²) < 4.78 is 5.42. The Kier molecular flexibility index (Phi) is 8.13. The highest BCUT2D eigenvalue weighted by Gasteiger charge is 2.22. The van der Waals surface area contributed by atoms with Gasteiger partial charge >= 0.3 is 0 Å². The number of carbonyl (C=O) groups excluding carboxylic acids is 1. The number of benzene rings is 2. The number of halogens is 1. The molecule has 3 aromatic rings. The number of aliphatic hydroxyl groups is 1. The van der Waals surface area contributed by atoms with Crippen molar-refractivity contribution in [1.29, 1.82) is 0 Å². The predicted octanol–water partition coefficient (Wildman–Crippen LogP) is 3.16. The number of aromatic amines is 1. The number of fused-ring (bicyclic) bond motifs is 1. The molecule has 0 saturated carbocycles. The van der Waals surface area contributed by atoms with Crippen molar-refractivity contribution in [2.75, 3.05) is 46.0 Å². The zero-order chi connectivity index (χ0) is 23.9. The third-order valence-electron chi connectivity index (χ3n) is 5.91. The van der Waals surface area contributed by atoms with Crippen LogP contribution in [0.4, 0.5) is 0 Å². The monoisotopic (exact) mass is 481 g/mol. The van der Waals surface area contributed by atoms with Crippen molar-refractivity contribution in [3.05, 3.63) is 86.7 Å². The van der Waals surface area contributed by atoms with E-state index in [1.807, 2.05) is 18.2 Å². The van der Waals surface area contributed by atoms with Crippen LogP contribution in [0.1, 0.15) is 21.5 Å². The number of hydrogen-bond donors (Lipinski definition) is 2. The van der Waals surface area contributed by atoms with Gasteiger partial charge in [0, 0.05) is 54.8 Å². The lowest BCUT2D eigenvalue weighted by molar-refractivity contribution is 0.0320. The third-order valence-corrected chi connectivity index (χ3v) is 6.17. The first-order valence-electron chi connectivity index (χ1n) is 11.3. The summed E-state index contributed by atoms with van der Waals surface area (Å²) in [5.74, 6) is -0.317. The SMILES string of the molecule is O=C(c1c[nH]c2ccc(C=CCO)cc2c1=O)N(CCN1CCOCC1)Cc1ccc(Cl)cc1. The number of pyridine rings is 1. The smallest absolute Gasteiger partial charge is 0.259 e. The highest BCUT2D eigenvalue weighted by molar-refractivity contribution is 6.30. The van der Waals surface area contributed by atoms with Crippen LogP contribution in [0.2, 0.25) is 5.02 Å². The molecule has 1 saturated heterocycles. The molecule has 0 unspecified atom stereocenters. The first kappa shape index (κ1) is 24.2. The second-order valence-electron chi connectivity index (χ2n) is 8.23. The van der Waals surface area contributed by atoms with Crippen LogP contribution in [0.25, 0.3) is 17.0 Å². The number of aromatic nitrogens is 1. The van der Waals surface area contributed by atoms with Gasteiger partial charge in [0.2, 0.25) is 5.43 Å². The van der Waals surface area contributed by atoms with Crippen LogP contribution in [0.3, 0.4) is 0 Å². The summed E-state index contributed by atoms with van der Waals surface area (Å²) >= 11 is 6.03. The van der Waals surface area contributed by atoms with Crippen molar-refractivity contribution in [2.24, 2.45) is 0 Å². The molecule has 8 heteroatoms. The van der Waals surface area contributed by atoms with Gasteiger partial charge in [0.1, 0.15) is 5.56 Å². The van der Waals surface area contributed by atoms with Crippen molar-refractivity contribution >= 4 is 34.5 Å². The topological polar surface area (TPSA) is 85.9 Å². The zero-order valence-corrected chi connectivity index (χ0v) is 19.6. The molecule has 1 fully saturated rings. The van der Waals surface area contributed by atoms with Gasteiger partial charge in [-0.25, -0.2) is 0 Å². The average Bonchev–Trinajstić information content (AvgIpc) is 2.87. The molecule has 1 aliphatic heterocycles. The quantitative estimate of drug-likeness (QED) is 0.516. The summed E-state index contributed by atoms with van der Waals surface area (Å²) in [6, 6.07) is 12.8. The number of amides is 1. The van der Waals surface area contributed by atoms with Gasteiger partial charge in [0.05, 0.1) is 19.8 Å². The van der Waals surface area contributed by atoms with E-state index in [1.165, 1.54) is 6.20 Å². The van der Waals surface area contributed by atoms with Gasteiger partial charge in [-0.2, -0.15) is 0 Å². The Bertz CT molecular complexity index is 1220. The van der Waals surface area contributed by atoms with E-state index in [4.69, 9.17) is 21.4 Å². The number of hydrogen-bond acceptors (Lipinski definition) is 5. The molecule has 0 spiro atoms. The molecule has 0 aliphatic carbocycles. The fourth-order valence-electron chi connectivity index (χ4n) is 4.01. The zero-order valence-electron chi connectivity index (χ0n) is 18.9. The second-order valence-corrected chi connectivity index (χ2v) is 8.67. The lowest BCUT2D eigenvalue weighted by Crippen LogP contribution is -2.43. The molecule has 1 amide bonds. The van der Waals surface area contributed by atoms with E-state index in [0.29, 0.717) is 48.8 Å². The highest BCUT2D eigenvalue weighted by Crippen LogP contribution is 2.16. The lowest BCUT2D eigenvalue weighted by atomic mass is 10.1. The van der Waals surface area contributed by atoms with Crippen LogP contribution in [-0.2, 0) is 11.3 Å². The van der Waals surface area contributed by atoms with Gasteiger partial charge in [-0.3, -0.25) is 14.5 Å². The van der Waals surface area contributed by atoms with Gasteiger partial charge in [0.15, 0.2) is 0 Å². The molecular weight excluding hydrogens is 454 g/mol. The van der Waals surface area contributed by atoms with Crippen LogP contribution in [0.15, 0.2) is 59.5 Å². The molecule has 4 rings (SSSR count). The van der Waals surface area contributed by atoms with Crippen LogP contribution < -0.4 is 5.43 Å². The minimum absolute atomic E-state index is 0.0876. The molecule has 0 radical (unpaired) electrons. The molecule has 0 bridgehead atoms. The molecule has 0 atom stereocenters. The number of H-pyrrole nitrogens is 1. The van der Waals surface area contributed by atoms with Crippen LogP contribution in [-0.4, -0.2) is 71.8 Å². The lowest BCUT2D eigenvalue weighted by Gasteiger charge is -2.30. The first-order valence-corrected chi connectivity index (χ1v) is 11.7. The van der Waals surface area contributed by atoms with E-state index < -0.39 is 0 Å². The maximum atomic E-state index is 13.6. The summed E-state index contributed by atoms with van der Waals surface area (Å²) in [4.78, 5) is 34.0. The van der Waals surface area contributed by atoms with Crippen molar-refractivity contribution < 1.29 is 14.6 Å². The Morgan fingerprint density at radius 2 is 1.94 bits per heavy atom. The van der Waals surface area contributed by atoms with Gasteiger partial charge < -0.3 is 19.7 Å². The molecule has 2 N–H and O–H groups in total. The molecule has 34 heavy (non-hydrogen) atoms. The molecule has 2 aromatic carbocycles. The Morgan fingerprint density at radius 3 is 2.68 bits per heavy atom. The molecular formula is C26H28ClN3O4. The molecule has 1 aliphatic rings. The van der Waals surface area contributed by atoms with Crippen LogP contribution >= 0.6 is 11.6 Å². The van der Waals surface area contributed by atoms with Gasteiger partial charge in [-0.05, 0) is 35.4 Å². The summed E-state index contributed by atoms with van der Waals surface area (Å²) in [5.41, 5.74) is 2.16. The molecule has 7 nitrogen and oxygen atoms in total. The number of carbonyl (C=O) groups is 1. The third kappa shape index (κ3) is 5.93. The standard InChI is InChI=1S/C26H28ClN3O4/c27-21-6-3-20(4-7-21)18-30(10-9-29-11-14-34-15-12-29)26(33)23-17-28-24-8-5-19(2-1-13-31)16-22(24)25(23)32/h1-8,16-17,31H,9-15,18H2,(H,28,32). The van der Waals surface area contributed by atoms with Crippen molar-refractivity contribution in [3.8, 4) is 0 Å². The van der Waals surface area contributed by atoms with Gasteiger partial charge in [-0.15, -0.1) is 0 Å². The normalized spacial score (nSPS) is 14.6. The summed E-state index contributed by atoms with van der Waals surface area (Å²) in [7, 11) is 0. The Balaban J connectivity index is 1.63. The largest absolute Gasteiger partial charge is 0.392 e. The predicted molar refractivity (Wildman–Crippen MR) is 134 cm³/mol. The second kappa shape index (κ2) is 11.4. The summed E-state index contributed by atoms with van der Waals surface area (Å²) in [5, 5.41) is 10.1. The van der Waals surface area contributed by atoms with E-state index in [2.05, 4.69) is 9.88 Å². The van der Waals surface area contributed by atoms with Gasteiger partial charge in [-0.1, -0.05) is 42.0 Å². The van der Waals surface area contributed by atoms with Crippen molar-refractivity contribution in [2.45, 2.75) is 6.54 Å². The van der Waals surface area contributed by atoms with E-state index in [9.17, 15) is 9.59 Å². The maximum absolute atomic E-state index is 13.6. The maximum Gasteiger partial charge on any atom is 0.259 e. The van der Waals surface area contributed by atoms with Crippen molar-refractivity contribution in [1.82, 2.24) is 14.8 Å². The number of ether oxygens (including phenoxy) is 1. The molecule has 2 heterocycles. The first-order chi connectivity index (χ1) is 16.5. The van der Waals surface area contributed by atoms with Crippen LogP contribution in [0, 0.1) is 0 Å². The Morgan fingerprint density at radius 1 is 1.18 bits per heavy atom. The number of nitrogens with one attached hydrogen (secondary N) is 1. The Labute approximate surface area is 203 Å². The molecule has 1 aromatic heterocycles. The van der Waals surface area contributed by atoms with Crippen LogP contribution in [0.5, 0.6) is 0 Å². The van der Waals surface area contributed by atoms with Gasteiger partial charge in [0.25, 0.3) is 5.91 Å². The van der Waals surface area contributed by atoms with E-state index in [-0.39, 0.29) is 23.5 Å². The summed E-state index contributed by atoms with van der Waals surface area (Å²) in [6.45, 7) is 4.48. The summed E-state index contributed by atoms with van der Waals surface area (Å²) in [6.07, 6.45) is 4.84. The van der Waals surface area contributed by atoms with Crippen molar-refractivity contribution in [3.63, 3.8) is 0 Å². The number of nitrogens with zero attached hydrogens (tertiary/aromatic N) is 2. The average molecular weight is 482 g/mol.